The van der Waals surface area contributed by atoms with Gasteiger partial charge >= 0.3 is 0 Å². The Morgan fingerprint density at radius 2 is 1.56 bits per heavy atom. The molecule has 0 saturated carbocycles. The van der Waals surface area contributed by atoms with Crippen LogP contribution in [-0.2, 0) is 16.0 Å². The molecule has 2 aromatic rings. The Kier molecular flexibility index (Phi) is 5.75. The van der Waals surface area contributed by atoms with Gasteiger partial charge in [-0.15, -0.1) is 0 Å². The lowest BCUT2D eigenvalue weighted by Gasteiger charge is -2.31. The molecule has 0 aliphatic carbocycles. The lowest BCUT2D eigenvalue weighted by molar-refractivity contribution is -0.134. The van der Waals surface area contributed by atoms with Crippen LogP contribution >= 0.6 is 0 Å². The fourth-order valence-electron chi connectivity index (χ4n) is 4.26. The second-order valence-electron chi connectivity index (χ2n) is 8.19. The molecule has 0 spiro atoms. The maximum Gasteiger partial charge on any atom is 0.231 e. The van der Waals surface area contributed by atoms with Crippen molar-refractivity contribution < 1.29 is 28.5 Å². The van der Waals surface area contributed by atoms with E-state index in [2.05, 4.69) is 5.32 Å². The molecule has 2 amide bonds. The van der Waals surface area contributed by atoms with Crippen LogP contribution < -0.4 is 24.3 Å². The molecule has 32 heavy (non-hydrogen) atoms. The van der Waals surface area contributed by atoms with Crippen molar-refractivity contribution in [2.75, 3.05) is 38.4 Å². The van der Waals surface area contributed by atoms with Gasteiger partial charge in [0.2, 0.25) is 18.6 Å². The van der Waals surface area contributed by atoms with Gasteiger partial charge in [-0.2, -0.15) is 0 Å². The summed E-state index contributed by atoms with van der Waals surface area (Å²) in [7, 11) is 0. The van der Waals surface area contributed by atoms with Gasteiger partial charge in [-0.3, -0.25) is 9.59 Å². The number of fused-ring (bicyclic) bond motifs is 2. The number of nitrogens with zero attached hydrogens (tertiary/aromatic N) is 1. The summed E-state index contributed by atoms with van der Waals surface area (Å²) in [6.45, 7) is 2.51. The first kappa shape index (κ1) is 20.5. The topological polar surface area (TPSA) is 86.3 Å². The van der Waals surface area contributed by atoms with Crippen molar-refractivity contribution in [3.8, 4) is 23.0 Å². The number of hydrogen-bond donors (Lipinski definition) is 1. The second kappa shape index (κ2) is 8.98. The van der Waals surface area contributed by atoms with Crippen LogP contribution in [0.5, 0.6) is 23.0 Å². The summed E-state index contributed by atoms with van der Waals surface area (Å²) in [4.78, 5) is 27.2. The van der Waals surface area contributed by atoms with Crippen LogP contribution in [0.2, 0.25) is 0 Å². The summed E-state index contributed by atoms with van der Waals surface area (Å²) in [6, 6.07) is 11.2. The lowest BCUT2D eigenvalue weighted by Crippen LogP contribution is -2.41. The molecule has 0 bridgehead atoms. The number of rotatable bonds is 5. The maximum atomic E-state index is 12.7. The molecule has 3 heterocycles. The number of amides is 2. The highest BCUT2D eigenvalue weighted by molar-refractivity contribution is 5.93. The van der Waals surface area contributed by atoms with Crippen molar-refractivity contribution in [2.45, 2.75) is 25.7 Å². The van der Waals surface area contributed by atoms with Gasteiger partial charge in [-0.25, -0.2) is 0 Å². The van der Waals surface area contributed by atoms with Crippen molar-refractivity contribution in [1.82, 2.24) is 4.90 Å². The molecule has 0 atom stereocenters. The van der Waals surface area contributed by atoms with Gasteiger partial charge < -0.3 is 29.2 Å². The van der Waals surface area contributed by atoms with Gasteiger partial charge in [0.1, 0.15) is 13.2 Å². The first-order chi connectivity index (χ1) is 15.7. The number of benzene rings is 2. The molecule has 1 saturated heterocycles. The van der Waals surface area contributed by atoms with E-state index >= 15 is 0 Å². The van der Waals surface area contributed by atoms with Crippen LogP contribution in [0, 0.1) is 5.92 Å². The van der Waals surface area contributed by atoms with E-state index < -0.39 is 0 Å². The first-order valence-electron chi connectivity index (χ1n) is 11.0. The van der Waals surface area contributed by atoms with E-state index in [1.165, 1.54) is 0 Å². The van der Waals surface area contributed by atoms with Gasteiger partial charge in [-0.05, 0) is 49.1 Å². The van der Waals surface area contributed by atoms with E-state index in [0.29, 0.717) is 69.2 Å². The van der Waals surface area contributed by atoms with Crippen molar-refractivity contribution in [3.63, 3.8) is 0 Å². The molecule has 3 aliphatic rings. The minimum atomic E-state index is -0.109. The zero-order chi connectivity index (χ0) is 21.9. The Bertz CT molecular complexity index is 1020. The SMILES string of the molecule is O=C(Nc1ccc2c(c1)OCO2)C1CCN(C(=O)CCc2ccc3c(c2)OCCO3)CC1. The molecule has 2 aromatic carbocycles. The number of anilines is 1. The van der Waals surface area contributed by atoms with E-state index in [0.717, 1.165) is 17.1 Å². The number of hydrogen-bond acceptors (Lipinski definition) is 6. The second-order valence-corrected chi connectivity index (χ2v) is 8.19. The number of likely N-dealkylation sites (tertiary alicyclic amines) is 1. The van der Waals surface area contributed by atoms with Crippen LogP contribution in [0.15, 0.2) is 36.4 Å². The lowest BCUT2D eigenvalue weighted by atomic mass is 9.95. The maximum absolute atomic E-state index is 12.7. The summed E-state index contributed by atoms with van der Waals surface area (Å²) in [6.07, 6.45) is 2.41. The standard InChI is InChI=1S/C24H26N2O6/c27-23(6-2-16-1-4-19-21(13-16)30-12-11-29-19)26-9-7-17(8-10-26)24(28)25-18-3-5-20-22(14-18)32-15-31-20/h1,3-5,13-14,17H,2,6-12,15H2,(H,25,28). The average Bonchev–Trinajstić information content (AvgIpc) is 3.30. The number of carbonyl (C=O) groups is 2. The molecular formula is C24H26N2O6. The van der Waals surface area contributed by atoms with Crippen molar-refractivity contribution >= 4 is 17.5 Å². The zero-order valence-corrected chi connectivity index (χ0v) is 17.8. The van der Waals surface area contributed by atoms with Crippen molar-refractivity contribution in [1.29, 1.82) is 0 Å². The Balaban J connectivity index is 1.09. The third-order valence-corrected chi connectivity index (χ3v) is 6.09. The average molecular weight is 438 g/mol. The molecule has 1 N–H and O–H groups in total. The van der Waals surface area contributed by atoms with Gasteiger partial charge in [0.05, 0.1) is 0 Å². The van der Waals surface area contributed by atoms with Gasteiger partial charge in [0.15, 0.2) is 23.0 Å². The Labute approximate surface area is 186 Å². The molecule has 0 unspecified atom stereocenters. The molecule has 0 radical (unpaired) electrons. The minimum Gasteiger partial charge on any atom is -0.486 e. The molecule has 8 heteroatoms. The fourth-order valence-corrected chi connectivity index (χ4v) is 4.26. The van der Waals surface area contributed by atoms with E-state index in [4.69, 9.17) is 18.9 Å². The molecule has 5 rings (SSSR count). The number of carbonyl (C=O) groups excluding carboxylic acids is 2. The molecule has 0 aromatic heterocycles. The van der Waals surface area contributed by atoms with Crippen LogP contribution in [0.25, 0.3) is 0 Å². The van der Waals surface area contributed by atoms with Gasteiger partial charge in [0, 0.05) is 37.2 Å². The predicted molar refractivity (Wildman–Crippen MR) is 116 cm³/mol. The van der Waals surface area contributed by atoms with Crippen molar-refractivity contribution in [2.24, 2.45) is 5.92 Å². The summed E-state index contributed by atoms with van der Waals surface area (Å²) in [5.74, 6) is 2.82. The van der Waals surface area contributed by atoms with Gasteiger partial charge in [0.25, 0.3) is 0 Å². The molecule has 168 valence electrons. The van der Waals surface area contributed by atoms with E-state index in [9.17, 15) is 9.59 Å². The number of nitrogens with one attached hydrogen (secondary N) is 1. The van der Waals surface area contributed by atoms with Crippen LogP contribution in [-0.4, -0.2) is 49.8 Å². The van der Waals surface area contributed by atoms with Crippen LogP contribution in [0.4, 0.5) is 5.69 Å². The minimum absolute atomic E-state index is 0.0211. The first-order valence-corrected chi connectivity index (χ1v) is 11.0. The number of piperidine rings is 1. The Hall–Kier alpha value is -3.42. The highest BCUT2D eigenvalue weighted by Crippen LogP contribution is 2.35. The normalized spacial score (nSPS) is 17.2. The zero-order valence-electron chi connectivity index (χ0n) is 17.8. The Morgan fingerprint density at radius 1 is 0.875 bits per heavy atom. The van der Waals surface area contributed by atoms with E-state index in [1.807, 2.05) is 29.2 Å². The molecule has 3 aliphatic heterocycles. The van der Waals surface area contributed by atoms with Crippen LogP contribution in [0.3, 0.4) is 0 Å². The number of ether oxygens (including phenoxy) is 4. The number of aryl methyl sites for hydroxylation is 1. The predicted octanol–water partition coefficient (Wildman–Crippen LogP) is 3.00. The molecular weight excluding hydrogens is 412 g/mol. The van der Waals surface area contributed by atoms with Gasteiger partial charge in [-0.1, -0.05) is 6.07 Å². The summed E-state index contributed by atoms with van der Waals surface area (Å²) < 4.78 is 21.8. The van der Waals surface area contributed by atoms with Crippen LogP contribution in [0.1, 0.15) is 24.8 Å². The highest BCUT2D eigenvalue weighted by Gasteiger charge is 2.27. The summed E-state index contributed by atoms with van der Waals surface area (Å²) >= 11 is 0. The summed E-state index contributed by atoms with van der Waals surface area (Å²) in [5.41, 5.74) is 1.75. The largest absolute Gasteiger partial charge is 0.486 e. The third kappa shape index (κ3) is 4.44. The Morgan fingerprint density at radius 3 is 2.41 bits per heavy atom. The smallest absolute Gasteiger partial charge is 0.231 e. The molecule has 8 nitrogen and oxygen atoms in total. The summed E-state index contributed by atoms with van der Waals surface area (Å²) in [5, 5.41) is 2.96. The monoisotopic (exact) mass is 438 g/mol. The quantitative estimate of drug-likeness (QED) is 0.773. The van der Waals surface area contributed by atoms with E-state index in [1.54, 1.807) is 12.1 Å². The van der Waals surface area contributed by atoms with Crippen molar-refractivity contribution in [3.05, 3.63) is 42.0 Å². The fraction of sp³-hybridized carbons (Fsp3) is 0.417. The van der Waals surface area contributed by atoms with E-state index in [-0.39, 0.29) is 24.5 Å². The highest BCUT2D eigenvalue weighted by atomic mass is 16.7. The third-order valence-electron chi connectivity index (χ3n) is 6.09. The molecule has 1 fully saturated rings.